The van der Waals surface area contributed by atoms with Crippen molar-refractivity contribution < 1.29 is 19.1 Å². The van der Waals surface area contributed by atoms with E-state index in [2.05, 4.69) is 48.6 Å². The van der Waals surface area contributed by atoms with E-state index >= 15 is 0 Å². The highest BCUT2D eigenvalue weighted by Gasteiger charge is 2.18. The van der Waals surface area contributed by atoms with Crippen LogP contribution in [0.3, 0.4) is 0 Å². The van der Waals surface area contributed by atoms with Crippen molar-refractivity contribution in [1.82, 2.24) is 0 Å². The van der Waals surface area contributed by atoms with Gasteiger partial charge in [0.2, 0.25) is 0 Å². The Hall–Kier alpha value is -1.89. The summed E-state index contributed by atoms with van der Waals surface area (Å²) in [6.07, 6.45) is 13.6. The third kappa shape index (κ3) is 15.7. The summed E-state index contributed by atoms with van der Waals surface area (Å²) in [6.45, 7) is 5.17. The molecular formula is C30H43IO4. The van der Waals surface area contributed by atoms with Crippen molar-refractivity contribution in [3.8, 4) is 0 Å². The SMILES string of the molecule is CCCCCCCCOC(=O)c1ccccc1C(=O)OCCCCCCCC.Ic1ccccc1. The van der Waals surface area contributed by atoms with Crippen molar-refractivity contribution in [2.24, 2.45) is 0 Å². The lowest BCUT2D eigenvalue weighted by Crippen LogP contribution is -2.15. The second kappa shape index (κ2) is 21.4. The minimum Gasteiger partial charge on any atom is -0.462 e. The van der Waals surface area contributed by atoms with Crippen molar-refractivity contribution >= 4 is 34.5 Å². The van der Waals surface area contributed by atoms with Gasteiger partial charge in [0.25, 0.3) is 0 Å². The van der Waals surface area contributed by atoms with Crippen molar-refractivity contribution in [2.45, 2.75) is 90.9 Å². The number of carbonyl (C=O) groups is 2. The summed E-state index contributed by atoms with van der Waals surface area (Å²) in [5.41, 5.74) is 0.586. The molecule has 5 heteroatoms. The molecule has 0 heterocycles. The van der Waals surface area contributed by atoms with Crippen LogP contribution in [0, 0.1) is 3.57 Å². The highest BCUT2D eigenvalue weighted by atomic mass is 127. The smallest absolute Gasteiger partial charge is 0.339 e. The summed E-state index contributed by atoms with van der Waals surface area (Å²) in [5, 5.41) is 0. The van der Waals surface area contributed by atoms with Gasteiger partial charge in [-0.15, -0.1) is 0 Å². The van der Waals surface area contributed by atoms with Crippen LogP contribution < -0.4 is 0 Å². The third-order valence-electron chi connectivity index (χ3n) is 5.56. The van der Waals surface area contributed by atoms with E-state index in [1.54, 1.807) is 24.3 Å². The molecule has 35 heavy (non-hydrogen) atoms. The zero-order valence-corrected chi connectivity index (χ0v) is 23.8. The van der Waals surface area contributed by atoms with Crippen LogP contribution in [0.2, 0.25) is 0 Å². The first kappa shape index (κ1) is 31.1. The minimum absolute atomic E-state index is 0.293. The summed E-state index contributed by atoms with van der Waals surface area (Å²) in [5.74, 6) is -0.888. The zero-order valence-electron chi connectivity index (χ0n) is 21.6. The number of carbonyl (C=O) groups excluding carboxylic acids is 2. The predicted molar refractivity (Wildman–Crippen MR) is 153 cm³/mol. The molecule has 0 aliphatic rings. The highest BCUT2D eigenvalue weighted by molar-refractivity contribution is 14.1. The second-order valence-corrected chi connectivity index (χ2v) is 9.89. The molecule has 0 amide bonds. The number of ether oxygens (including phenoxy) is 2. The molecule has 2 aromatic carbocycles. The molecule has 0 radical (unpaired) electrons. The van der Waals surface area contributed by atoms with Crippen molar-refractivity contribution in [3.63, 3.8) is 0 Å². The van der Waals surface area contributed by atoms with Crippen LogP contribution in [-0.4, -0.2) is 25.2 Å². The summed E-state index contributed by atoms with van der Waals surface area (Å²) in [6, 6.07) is 17.0. The molecule has 0 spiro atoms. The molecule has 0 aliphatic carbocycles. The van der Waals surface area contributed by atoms with Crippen molar-refractivity contribution in [2.75, 3.05) is 13.2 Å². The molecule has 0 unspecified atom stereocenters. The zero-order chi connectivity index (χ0) is 25.6. The Morgan fingerprint density at radius 1 is 0.571 bits per heavy atom. The van der Waals surface area contributed by atoms with Gasteiger partial charge < -0.3 is 9.47 Å². The van der Waals surface area contributed by atoms with Crippen molar-refractivity contribution in [1.29, 1.82) is 0 Å². The molecular weight excluding hydrogens is 551 g/mol. The van der Waals surface area contributed by atoms with E-state index < -0.39 is 11.9 Å². The van der Waals surface area contributed by atoms with Crippen LogP contribution in [-0.2, 0) is 9.47 Å². The van der Waals surface area contributed by atoms with E-state index in [1.807, 2.05) is 18.2 Å². The van der Waals surface area contributed by atoms with Gasteiger partial charge in [0, 0.05) is 3.57 Å². The first-order valence-corrected chi connectivity index (χ1v) is 14.3. The lowest BCUT2D eigenvalue weighted by molar-refractivity contribution is 0.0450. The largest absolute Gasteiger partial charge is 0.462 e. The van der Waals surface area contributed by atoms with Crippen LogP contribution >= 0.6 is 22.6 Å². The summed E-state index contributed by atoms with van der Waals surface area (Å²) < 4.78 is 12.0. The topological polar surface area (TPSA) is 52.6 Å². The van der Waals surface area contributed by atoms with Gasteiger partial charge in [-0.3, -0.25) is 0 Å². The molecule has 0 N–H and O–H groups in total. The number of hydrogen-bond acceptors (Lipinski definition) is 4. The molecule has 2 rings (SSSR count). The molecule has 0 fully saturated rings. The van der Waals surface area contributed by atoms with Crippen LogP contribution in [0.25, 0.3) is 0 Å². The van der Waals surface area contributed by atoms with Gasteiger partial charge in [-0.2, -0.15) is 0 Å². The van der Waals surface area contributed by atoms with E-state index in [-0.39, 0.29) is 0 Å². The monoisotopic (exact) mass is 594 g/mol. The molecule has 0 aliphatic heterocycles. The standard InChI is InChI=1S/C24H38O4.C6H5I/c1-3-5-7-9-11-15-19-27-23(25)21-17-13-14-18-22(21)24(26)28-20-16-12-10-8-6-4-2;7-6-4-2-1-3-5-6/h13-14,17-18H,3-12,15-16,19-20H2,1-2H3;1-5H. The van der Waals surface area contributed by atoms with E-state index in [9.17, 15) is 9.59 Å². The van der Waals surface area contributed by atoms with E-state index in [0.29, 0.717) is 24.3 Å². The Morgan fingerprint density at radius 3 is 1.31 bits per heavy atom. The molecule has 0 saturated heterocycles. The molecule has 0 saturated carbocycles. The number of rotatable bonds is 16. The fourth-order valence-electron chi connectivity index (χ4n) is 3.50. The molecule has 194 valence electrons. The highest BCUT2D eigenvalue weighted by Crippen LogP contribution is 2.14. The lowest BCUT2D eigenvalue weighted by atomic mass is 10.1. The van der Waals surface area contributed by atoms with Crippen LogP contribution in [0.5, 0.6) is 0 Å². The number of benzene rings is 2. The number of halogens is 1. The maximum atomic E-state index is 12.4. The fraction of sp³-hybridized carbons (Fsp3) is 0.533. The Kier molecular flexibility index (Phi) is 19.0. The Morgan fingerprint density at radius 2 is 0.943 bits per heavy atom. The molecule has 0 atom stereocenters. The third-order valence-corrected chi connectivity index (χ3v) is 6.28. The van der Waals surface area contributed by atoms with Gasteiger partial charge in [0.05, 0.1) is 24.3 Å². The normalized spacial score (nSPS) is 10.3. The van der Waals surface area contributed by atoms with Gasteiger partial charge in [0.1, 0.15) is 0 Å². The maximum Gasteiger partial charge on any atom is 0.339 e. The summed E-state index contributed by atoms with van der Waals surface area (Å²) in [7, 11) is 0. The number of unbranched alkanes of at least 4 members (excludes halogenated alkanes) is 10. The number of hydrogen-bond donors (Lipinski definition) is 0. The molecule has 4 nitrogen and oxygen atoms in total. The van der Waals surface area contributed by atoms with Crippen molar-refractivity contribution in [3.05, 3.63) is 69.3 Å². The van der Waals surface area contributed by atoms with E-state index in [4.69, 9.17) is 9.47 Å². The van der Waals surface area contributed by atoms with Crippen LogP contribution in [0.4, 0.5) is 0 Å². The quantitative estimate of drug-likeness (QED) is 0.111. The lowest BCUT2D eigenvalue weighted by Gasteiger charge is -2.10. The maximum absolute atomic E-state index is 12.4. The summed E-state index contributed by atoms with van der Waals surface area (Å²) in [4.78, 5) is 24.7. The second-order valence-electron chi connectivity index (χ2n) is 8.65. The molecule has 0 bridgehead atoms. The average molecular weight is 595 g/mol. The van der Waals surface area contributed by atoms with Gasteiger partial charge in [-0.05, 0) is 59.7 Å². The summed E-state index contributed by atoms with van der Waals surface area (Å²) >= 11 is 2.28. The average Bonchev–Trinajstić information content (AvgIpc) is 2.88. The molecule has 0 aromatic heterocycles. The fourth-order valence-corrected chi connectivity index (χ4v) is 3.92. The first-order chi connectivity index (χ1) is 17.1. The minimum atomic E-state index is -0.444. The van der Waals surface area contributed by atoms with E-state index in [1.165, 1.54) is 54.9 Å². The Balaban J connectivity index is 0.000000744. The van der Waals surface area contributed by atoms with Gasteiger partial charge in [-0.1, -0.05) is 108 Å². The van der Waals surface area contributed by atoms with Gasteiger partial charge in [-0.25, -0.2) is 9.59 Å². The first-order valence-electron chi connectivity index (χ1n) is 13.2. The van der Waals surface area contributed by atoms with Gasteiger partial charge >= 0.3 is 11.9 Å². The Labute approximate surface area is 226 Å². The molecule has 2 aromatic rings. The van der Waals surface area contributed by atoms with Gasteiger partial charge in [0.15, 0.2) is 0 Å². The number of esters is 2. The van der Waals surface area contributed by atoms with E-state index in [0.717, 1.165) is 25.7 Å². The Bertz CT molecular complexity index is 758. The van der Waals surface area contributed by atoms with Crippen LogP contribution in [0.15, 0.2) is 54.6 Å². The predicted octanol–water partition coefficient (Wildman–Crippen LogP) is 9.01. The van der Waals surface area contributed by atoms with Crippen LogP contribution in [0.1, 0.15) is 112 Å².